The second-order valence-corrected chi connectivity index (χ2v) is 18.1. The summed E-state index contributed by atoms with van der Waals surface area (Å²) < 4.78 is 0. The summed E-state index contributed by atoms with van der Waals surface area (Å²) in [5, 5.41) is 30.7. The molecule has 2 atom stereocenters. The maximum Gasteiger partial charge on any atom is 0.0552 e. The Labute approximate surface area is 355 Å². The number of aryl methyl sites for hydroxylation is 8. The van der Waals surface area contributed by atoms with Gasteiger partial charge in [0.05, 0.1) is 12.2 Å². The Kier molecular flexibility index (Phi) is 9.93. The molecule has 0 bridgehead atoms. The van der Waals surface area contributed by atoms with E-state index < -0.39 is 12.2 Å². The molecule has 2 nitrogen and oxygen atoms in total. The van der Waals surface area contributed by atoms with Gasteiger partial charge in [-0.15, -0.1) is 0 Å². The van der Waals surface area contributed by atoms with Gasteiger partial charge in [0.1, 0.15) is 0 Å². The van der Waals surface area contributed by atoms with Crippen molar-refractivity contribution in [2.24, 2.45) is 0 Å². The Hall–Kier alpha value is -5.80. The fraction of sp³-hybridized carbons (Fsp3) is 0.241. The van der Waals surface area contributed by atoms with Gasteiger partial charge in [-0.1, -0.05) is 60.7 Å². The number of hydrogen-bond acceptors (Lipinski definition) is 2. The molecule has 9 aromatic rings. The van der Waals surface area contributed by atoms with Gasteiger partial charge < -0.3 is 10.2 Å². The maximum absolute atomic E-state index is 10.3. The molecule has 0 heterocycles. The third-order valence-electron chi connectivity index (χ3n) is 13.0. The van der Waals surface area contributed by atoms with E-state index in [1.165, 1.54) is 143 Å². The van der Waals surface area contributed by atoms with Crippen LogP contribution in [0.1, 0.15) is 69.5 Å². The van der Waals surface area contributed by atoms with Gasteiger partial charge in [-0.05, 0) is 274 Å². The first kappa shape index (κ1) is 39.6. The van der Waals surface area contributed by atoms with Crippen LogP contribution < -0.4 is 0 Å². The van der Waals surface area contributed by atoms with Gasteiger partial charge in [-0.2, -0.15) is 0 Å². The number of aliphatic hydroxyl groups excluding tert-OH is 2. The van der Waals surface area contributed by atoms with E-state index in [-0.39, 0.29) is 0 Å². The zero-order valence-corrected chi connectivity index (χ0v) is 36.9. The largest absolute Gasteiger partial charge is 0.393 e. The molecular weight excluding hydrogens is 729 g/mol. The summed E-state index contributed by atoms with van der Waals surface area (Å²) in [6.45, 7) is 21.6. The third-order valence-corrected chi connectivity index (χ3v) is 13.0. The van der Waals surface area contributed by atoms with E-state index in [4.69, 9.17) is 0 Å². The first-order valence-electron chi connectivity index (χ1n) is 21.6. The van der Waals surface area contributed by atoms with Crippen LogP contribution in [-0.2, 0) is 12.8 Å². The average Bonchev–Trinajstić information content (AvgIpc) is 3.15. The minimum atomic E-state index is -0.393. The van der Waals surface area contributed by atoms with Crippen LogP contribution in [0.2, 0.25) is 0 Å². The van der Waals surface area contributed by atoms with Crippen molar-refractivity contribution in [3.63, 3.8) is 0 Å². The molecule has 0 saturated carbocycles. The summed E-state index contributed by atoms with van der Waals surface area (Å²) in [5.41, 5.74) is 22.3. The van der Waals surface area contributed by atoms with Crippen molar-refractivity contribution in [3.05, 3.63) is 165 Å². The summed E-state index contributed by atoms with van der Waals surface area (Å²) in [5.74, 6) is 0. The number of hydrogen-bond donors (Lipinski definition) is 2. The molecule has 300 valence electrons. The highest BCUT2D eigenvalue weighted by Crippen LogP contribution is 2.48. The topological polar surface area (TPSA) is 40.5 Å². The molecule has 0 aliphatic heterocycles. The second kappa shape index (κ2) is 15.0. The zero-order valence-electron chi connectivity index (χ0n) is 36.9. The fourth-order valence-corrected chi connectivity index (χ4v) is 10.9. The molecule has 0 saturated heterocycles. The van der Waals surface area contributed by atoms with Crippen molar-refractivity contribution < 1.29 is 10.2 Å². The fourth-order valence-electron chi connectivity index (χ4n) is 10.9. The molecule has 0 aromatic heterocycles. The quantitative estimate of drug-likeness (QED) is 0.119. The SMILES string of the molecule is Cc1cccc(C)c1-c1cc2cc(-c3c(C)cc(CC(C)O)cc3C)cc3c4cc(-c5c(C)cccc5C)cc5cc(-c6c(C)cc(CC(C)O)cc6C)cc(c(c1)c23)c54. The van der Waals surface area contributed by atoms with Gasteiger partial charge in [0.15, 0.2) is 0 Å². The summed E-state index contributed by atoms with van der Waals surface area (Å²) >= 11 is 0. The molecule has 0 amide bonds. The van der Waals surface area contributed by atoms with Crippen LogP contribution in [0.25, 0.3) is 87.6 Å². The maximum atomic E-state index is 10.3. The molecule has 0 aliphatic carbocycles. The average molecular weight is 785 g/mol. The molecule has 0 aliphatic rings. The number of aliphatic hydroxyl groups is 2. The first-order valence-corrected chi connectivity index (χ1v) is 21.6. The standard InChI is InChI=1S/C58H56O2/c1-31-13-11-14-32(2)53(31)45-23-43-25-47(55-35(5)17-41(18-36(55)6)21-39(9)59)30-52-50-28-46(54-33(3)15-12-16-34(54)4)24-44-26-48(29-51(58(44)50)49(27-45)57(43)52)56-37(7)19-42(20-38(56)8)22-40(10)60/h11-20,23-30,39-40,59-60H,21-22H2,1-10H3. The van der Waals surface area contributed by atoms with Crippen LogP contribution in [0.3, 0.4) is 0 Å². The molecule has 0 fully saturated rings. The van der Waals surface area contributed by atoms with E-state index in [0.29, 0.717) is 12.8 Å². The highest BCUT2D eigenvalue weighted by atomic mass is 16.3. The Balaban J connectivity index is 1.46. The van der Waals surface area contributed by atoms with E-state index >= 15 is 0 Å². The van der Waals surface area contributed by atoms with E-state index in [0.717, 1.165) is 0 Å². The van der Waals surface area contributed by atoms with Gasteiger partial charge >= 0.3 is 0 Å². The van der Waals surface area contributed by atoms with Crippen molar-refractivity contribution in [2.45, 2.75) is 94.3 Å². The predicted molar refractivity (Wildman–Crippen MR) is 258 cm³/mol. The molecule has 9 rings (SSSR count). The van der Waals surface area contributed by atoms with Crippen LogP contribution in [0.15, 0.2) is 109 Å². The Morgan fingerprint density at radius 3 is 0.850 bits per heavy atom. The second-order valence-electron chi connectivity index (χ2n) is 18.1. The molecule has 2 heteroatoms. The highest BCUT2D eigenvalue weighted by Gasteiger charge is 2.22. The van der Waals surface area contributed by atoms with E-state index in [1.54, 1.807) is 0 Å². The Morgan fingerprint density at radius 2 is 0.600 bits per heavy atom. The molecule has 2 N–H and O–H groups in total. The van der Waals surface area contributed by atoms with Gasteiger partial charge in [0.2, 0.25) is 0 Å². The minimum Gasteiger partial charge on any atom is -0.393 e. The summed E-state index contributed by atoms with van der Waals surface area (Å²) in [7, 11) is 0. The van der Waals surface area contributed by atoms with Crippen molar-refractivity contribution >= 4 is 43.1 Å². The van der Waals surface area contributed by atoms with Crippen LogP contribution in [0.4, 0.5) is 0 Å². The molecular formula is C58H56O2. The van der Waals surface area contributed by atoms with E-state index in [2.05, 4.69) is 165 Å². The lowest BCUT2D eigenvalue weighted by atomic mass is 9.81. The van der Waals surface area contributed by atoms with E-state index in [1.807, 2.05) is 13.8 Å². The van der Waals surface area contributed by atoms with Crippen LogP contribution >= 0.6 is 0 Å². The molecule has 9 aromatic carbocycles. The van der Waals surface area contributed by atoms with Crippen LogP contribution in [0, 0.1) is 55.4 Å². The molecule has 2 unspecified atom stereocenters. The summed E-state index contributed by atoms with van der Waals surface area (Å²) in [6.07, 6.45) is 0.493. The number of fused-ring (bicyclic) bond motifs is 2. The van der Waals surface area contributed by atoms with Gasteiger partial charge in [0.25, 0.3) is 0 Å². The predicted octanol–water partition coefficient (Wildman–Crippen LogP) is 14.7. The zero-order chi connectivity index (χ0) is 42.3. The smallest absolute Gasteiger partial charge is 0.0552 e. The van der Waals surface area contributed by atoms with E-state index in [9.17, 15) is 10.2 Å². The van der Waals surface area contributed by atoms with Crippen molar-refractivity contribution in [1.29, 1.82) is 0 Å². The molecule has 0 radical (unpaired) electrons. The highest BCUT2D eigenvalue weighted by molar-refractivity contribution is 6.35. The first-order chi connectivity index (χ1) is 28.7. The van der Waals surface area contributed by atoms with Crippen molar-refractivity contribution in [2.75, 3.05) is 0 Å². The van der Waals surface area contributed by atoms with Crippen molar-refractivity contribution in [1.82, 2.24) is 0 Å². The Bertz CT molecular complexity index is 2870. The normalized spacial score (nSPS) is 13.0. The van der Waals surface area contributed by atoms with Crippen molar-refractivity contribution in [3.8, 4) is 44.5 Å². The minimum absolute atomic E-state index is 0.393. The number of rotatable bonds is 8. The lowest BCUT2D eigenvalue weighted by Crippen LogP contribution is -2.05. The van der Waals surface area contributed by atoms with Gasteiger partial charge in [-0.25, -0.2) is 0 Å². The Morgan fingerprint density at radius 1 is 0.350 bits per heavy atom. The van der Waals surface area contributed by atoms with Gasteiger partial charge in [-0.3, -0.25) is 0 Å². The summed E-state index contributed by atoms with van der Waals surface area (Å²) in [6, 6.07) is 41.9. The monoisotopic (exact) mass is 784 g/mol. The van der Waals surface area contributed by atoms with Gasteiger partial charge in [0, 0.05) is 0 Å². The number of benzene rings is 9. The lowest BCUT2D eigenvalue weighted by Gasteiger charge is -2.22. The molecule has 0 spiro atoms. The summed E-state index contributed by atoms with van der Waals surface area (Å²) in [4.78, 5) is 0. The third kappa shape index (κ3) is 6.77. The molecule has 60 heavy (non-hydrogen) atoms. The lowest BCUT2D eigenvalue weighted by molar-refractivity contribution is 0.195. The van der Waals surface area contributed by atoms with Crippen LogP contribution in [0.5, 0.6) is 0 Å². The van der Waals surface area contributed by atoms with Crippen LogP contribution in [-0.4, -0.2) is 22.4 Å².